The van der Waals surface area contributed by atoms with Crippen LogP contribution in [0.2, 0.25) is 0 Å². The highest BCUT2D eigenvalue weighted by Gasteiger charge is 2.61. The van der Waals surface area contributed by atoms with Gasteiger partial charge in [-0.3, -0.25) is 4.79 Å². The number of rotatable bonds is 3. The lowest BCUT2D eigenvalue weighted by Gasteiger charge is -2.59. The van der Waals surface area contributed by atoms with Crippen LogP contribution in [0.25, 0.3) is 0 Å². The highest BCUT2D eigenvalue weighted by atomic mass is 16.7. The smallest absolute Gasteiger partial charge is 0.187 e. The summed E-state index contributed by atoms with van der Waals surface area (Å²) in [5, 5.41) is 51.2. The molecule has 8 heteroatoms. The minimum atomic E-state index is -1.51. The zero-order chi connectivity index (χ0) is 23.7. The van der Waals surface area contributed by atoms with Gasteiger partial charge in [0.15, 0.2) is 12.1 Å². The number of hydrogen-bond acceptors (Lipinski definition) is 8. The Morgan fingerprint density at radius 3 is 2.52 bits per heavy atom. The topological polar surface area (TPSA) is 137 Å². The number of ether oxygens (including phenoxy) is 2. The van der Waals surface area contributed by atoms with Crippen LogP contribution in [0, 0.1) is 28.6 Å². The lowest BCUT2D eigenvalue weighted by Crippen LogP contribution is -2.61. The monoisotopic (exact) mass is 466 g/mol. The molecule has 0 bridgehead atoms. The Balaban J connectivity index is 1.47. The van der Waals surface area contributed by atoms with E-state index in [1.54, 1.807) is 6.08 Å². The van der Waals surface area contributed by atoms with Gasteiger partial charge in [0.05, 0.1) is 18.8 Å². The van der Waals surface area contributed by atoms with E-state index in [1.807, 2.05) is 0 Å². The zero-order valence-electron chi connectivity index (χ0n) is 19.5. The van der Waals surface area contributed by atoms with Crippen molar-refractivity contribution < 1.29 is 39.8 Å². The van der Waals surface area contributed by atoms with Gasteiger partial charge in [0, 0.05) is 6.42 Å². The summed E-state index contributed by atoms with van der Waals surface area (Å²) in [5.74, 6) is 1.14. The van der Waals surface area contributed by atoms with Gasteiger partial charge in [-0.25, -0.2) is 0 Å². The second-order valence-corrected chi connectivity index (χ2v) is 11.6. The third kappa shape index (κ3) is 3.56. The second-order valence-electron chi connectivity index (χ2n) is 11.6. The molecular weight excluding hydrogens is 428 g/mol. The molecule has 1 saturated heterocycles. The molecule has 4 fully saturated rings. The maximum atomic E-state index is 12.4. The molecule has 5 rings (SSSR count). The van der Waals surface area contributed by atoms with Crippen LogP contribution in [0.1, 0.15) is 58.8 Å². The summed E-state index contributed by atoms with van der Waals surface area (Å²) >= 11 is 0. The first-order valence-corrected chi connectivity index (χ1v) is 12.5. The SMILES string of the molecule is C[C@]12CC[C@H]3[C@@H](C[C@@H](O[C@H]4O[C@H](CO)[C@@H](O)[C@H](O)[C@H]4O)C4=CC(=O)CC[C@@]43C)[C@@H]1CC[C@@H]2O. The van der Waals surface area contributed by atoms with Crippen LogP contribution in [-0.4, -0.2) is 80.8 Å². The molecule has 0 aromatic heterocycles. The van der Waals surface area contributed by atoms with Crippen LogP contribution in [0.3, 0.4) is 0 Å². The third-order valence-corrected chi connectivity index (χ3v) is 10.1. The zero-order valence-corrected chi connectivity index (χ0v) is 19.5. The van der Waals surface area contributed by atoms with Crippen LogP contribution in [-0.2, 0) is 14.3 Å². The molecule has 0 radical (unpaired) electrons. The van der Waals surface area contributed by atoms with Crippen molar-refractivity contribution in [2.24, 2.45) is 28.6 Å². The molecule has 1 aliphatic heterocycles. The molecule has 0 amide bonds. The molecule has 1 heterocycles. The predicted octanol–water partition coefficient (Wildman–Crippen LogP) is 0.674. The van der Waals surface area contributed by atoms with Crippen molar-refractivity contribution >= 4 is 5.78 Å². The van der Waals surface area contributed by atoms with Crippen molar-refractivity contribution in [2.75, 3.05) is 6.61 Å². The van der Waals surface area contributed by atoms with Gasteiger partial charge in [0.25, 0.3) is 0 Å². The van der Waals surface area contributed by atoms with E-state index in [4.69, 9.17) is 9.47 Å². The van der Waals surface area contributed by atoms with Crippen LogP contribution in [0.15, 0.2) is 11.6 Å². The predicted molar refractivity (Wildman–Crippen MR) is 117 cm³/mol. The first-order chi connectivity index (χ1) is 15.6. The molecule has 3 saturated carbocycles. The number of fused-ring (bicyclic) bond motifs is 5. The lowest BCUT2D eigenvalue weighted by molar-refractivity contribution is -0.313. The Labute approximate surface area is 194 Å². The van der Waals surface area contributed by atoms with Crippen molar-refractivity contribution in [2.45, 2.75) is 102 Å². The van der Waals surface area contributed by atoms with Crippen LogP contribution in [0.5, 0.6) is 0 Å². The highest BCUT2D eigenvalue weighted by Crippen LogP contribution is 2.65. The second kappa shape index (κ2) is 8.36. The normalized spacial score (nSPS) is 54.3. The number of carbonyl (C=O) groups excluding carboxylic acids is 1. The van der Waals surface area contributed by atoms with Gasteiger partial charge in [-0.2, -0.15) is 0 Å². The Hall–Kier alpha value is -0.870. The molecular formula is C25H38O8. The fourth-order valence-corrected chi connectivity index (χ4v) is 8.02. The van der Waals surface area contributed by atoms with Gasteiger partial charge in [0.1, 0.15) is 24.4 Å². The van der Waals surface area contributed by atoms with Crippen molar-refractivity contribution in [1.29, 1.82) is 0 Å². The largest absolute Gasteiger partial charge is 0.394 e. The summed E-state index contributed by atoms with van der Waals surface area (Å²) in [6.45, 7) is 3.91. The molecule has 5 N–H and O–H groups in total. The number of hydrogen-bond donors (Lipinski definition) is 5. The van der Waals surface area contributed by atoms with Crippen LogP contribution < -0.4 is 0 Å². The summed E-state index contributed by atoms with van der Waals surface area (Å²) in [4.78, 5) is 12.4. The summed E-state index contributed by atoms with van der Waals surface area (Å²) in [5.41, 5.74) is 0.598. The summed E-state index contributed by atoms with van der Waals surface area (Å²) in [7, 11) is 0. The van der Waals surface area contributed by atoms with Crippen molar-refractivity contribution in [1.82, 2.24) is 0 Å². The molecule has 0 aromatic rings. The van der Waals surface area contributed by atoms with Crippen molar-refractivity contribution in [3.63, 3.8) is 0 Å². The Morgan fingerprint density at radius 1 is 1.03 bits per heavy atom. The van der Waals surface area contributed by atoms with E-state index in [-0.39, 0.29) is 22.7 Å². The van der Waals surface area contributed by atoms with Gasteiger partial charge >= 0.3 is 0 Å². The van der Waals surface area contributed by atoms with Crippen LogP contribution >= 0.6 is 0 Å². The van der Waals surface area contributed by atoms with E-state index in [0.29, 0.717) is 30.6 Å². The van der Waals surface area contributed by atoms with E-state index >= 15 is 0 Å². The molecule has 0 spiro atoms. The molecule has 12 atom stereocenters. The van der Waals surface area contributed by atoms with Gasteiger partial charge in [-0.05, 0) is 78.8 Å². The molecule has 4 aliphatic carbocycles. The van der Waals surface area contributed by atoms with Gasteiger partial charge < -0.3 is 35.0 Å². The molecule has 186 valence electrons. The highest BCUT2D eigenvalue weighted by molar-refractivity contribution is 5.91. The minimum absolute atomic E-state index is 0.0697. The van der Waals surface area contributed by atoms with E-state index in [0.717, 1.165) is 37.7 Å². The Morgan fingerprint density at radius 2 is 1.79 bits per heavy atom. The maximum absolute atomic E-state index is 12.4. The van der Waals surface area contributed by atoms with Gasteiger partial charge in [-0.1, -0.05) is 13.8 Å². The molecule has 5 aliphatic rings. The lowest BCUT2D eigenvalue weighted by atomic mass is 9.47. The Bertz CT molecular complexity index is 812. The van der Waals surface area contributed by atoms with Crippen molar-refractivity contribution in [3.05, 3.63) is 11.6 Å². The summed E-state index contributed by atoms with van der Waals surface area (Å²) in [6, 6.07) is 0. The number of ketones is 1. The van der Waals surface area contributed by atoms with Crippen molar-refractivity contribution in [3.8, 4) is 0 Å². The quantitative estimate of drug-likeness (QED) is 0.383. The standard InChI is InChI=1S/C25H38O8/c1-24-7-5-12(27)9-16(24)17(32-23-22(31)21(30)20(29)18(11-26)33-23)10-13-14-3-4-19(28)25(14,2)8-6-15(13)24/h9,13-15,17-23,26,28-31H,3-8,10-11H2,1-2H3/t13-,14-,15-,17+,18+,19-,20+,21-,22+,23-,24+,25-/m0/s1. The molecule has 8 nitrogen and oxygen atoms in total. The van der Waals surface area contributed by atoms with E-state index in [9.17, 15) is 30.3 Å². The fraction of sp³-hybridized carbons (Fsp3) is 0.880. The molecule has 0 aromatic carbocycles. The first kappa shape index (κ1) is 23.9. The number of aliphatic hydroxyl groups excluding tert-OH is 5. The van der Waals surface area contributed by atoms with Crippen LogP contribution in [0.4, 0.5) is 0 Å². The fourth-order valence-electron chi connectivity index (χ4n) is 8.02. The average Bonchev–Trinajstić information content (AvgIpc) is 3.09. The van der Waals surface area contributed by atoms with Gasteiger partial charge in [-0.15, -0.1) is 0 Å². The first-order valence-electron chi connectivity index (χ1n) is 12.5. The van der Waals surface area contributed by atoms with E-state index < -0.39 is 43.4 Å². The molecule has 0 unspecified atom stereocenters. The molecule has 33 heavy (non-hydrogen) atoms. The minimum Gasteiger partial charge on any atom is -0.394 e. The summed E-state index contributed by atoms with van der Waals surface area (Å²) < 4.78 is 11.9. The maximum Gasteiger partial charge on any atom is 0.187 e. The third-order valence-electron chi connectivity index (χ3n) is 10.1. The Kier molecular flexibility index (Phi) is 6.04. The van der Waals surface area contributed by atoms with Gasteiger partial charge in [0.2, 0.25) is 0 Å². The van der Waals surface area contributed by atoms with E-state index in [1.165, 1.54) is 0 Å². The average molecular weight is 467 g/mol. The number of aliphatic hydroxyl groups is 5. The summed E-state index contributed by atoms with van der Waals surface area (Å²) in [6.07, 6.45) is -0.0981. The van der Waals surface area contributed by atoms with E-state index in [2.05, 4.69) is 13.8 Å². The number of carbonyl (C=O) groups is 1.